The van der Waals surface area contributed by atoms with Gasteiger partial charge in [0.25, 0.3) is 5.91 Å². The number of rotatable bonds is 3. The molecule has 0 saturated carbocycles. The molecular weight excluding hydrogens is 336 g/mol. The summed E-state index contributed by atoms with van der Waals surface area (Å²) >= 11 is 6.34. The summed E-state index contributed by atoms with van der Waals surface area (Å²) in [5.74, 6) is -0.0488. The molecule has 7 heteroatoms. The summed E-state index contributed by atoms with van der Waals surface area (Å²) in [6, 6.07) is 7.50. The highest BCUT2D eigenvalue weighted by Crippen LogP contribution is 2.29. The molecule has 0 aliphatic carbocycles. The maximum Gasteiger partial charge on any atom is 0.271 e. The average molecular weight is 355 g/mol. The Labute approximate surface area is 140 Å². The topological polar surface area (TPSA) is 70.2 Å². The Bertz CT molecular complexity index is 844. The van der Waals surface area contributed by atoms with E-state index in [9.17, 15) is 13.2 Å². The third-order valence-corrected chi connectivity index (χ3v) is 5.67. The first kappa shape index (κ1) is 16.3. The molecule has 5 nitrogen and oxygen atoms in total. The number of fused-ring (bicyclic) bond motifs is 1. The van der Waals surface area contributed by atoms with Crippen LogP contribution < -0.4 is 0 Å². The predicted molar refractivity (Wildman–Crippen MR) is 91.6 cm³/mol. The Kier molecular flexibility index (Phi) is 4.38. The van der Waals surface area contributed by atoms with Crippen molar-refractivity contribution in [1.82, 2.24) is 9.88 Å². The van der Waals surface area contributed by atoms with Crippen molar-refractivity contribution in [2.24, 2.45) is 5.92 Å². The third kappa shape index (κ3) is 3.53. The van der Waals surface area contributed by atoms with E-state index in [0.717, 1.165) is 23.7 Å². The summed E-state index contributed by atoms with van der Waals surface area (Å²) in [5, 5.41) is 1.25. The zero-order chi connectivity index (χ0) is 16.6. The number of piperidine rings is 1. The lowest BCUT2D eigenvalue weighted by Gasteiger charge is -2.32. The van der Waals surface area contributed by atoms with Crippen molar-refractivity contribution in [3.05, 3.63) is 35.0 Å². The lowest BCUT2D eigenvalue weighted by atomic mass is 10.00. The van der Waals surface area contributed by atoms with Crippen LogP contribution in [0.25, 0.3) is 10.9 Å². The summed E-state index contributed by atoms with van der Waals surface area (Å²) < 4.78 is 23.0. The number of hydrogen-bond donors (Lipinski definition) is 1. The Balaban J connectivity index is 1.82. The van der Waals surface area contributed by atoms with Crippen molar-refractivity contribution in [1.29, 1.82) is 0 Å². The molecule has 0 spiro atoms. The summed E-state index contributed by atoms with van der Waals surface area (Å²) in [7, 11) is -3.04. The monoisotopic (exact) mass is 354 g/mol. The van der Waals surface area contributed by atoms with Crippen LogP contribution in [0.4, 0.5) is 0 Å². The number of aromatic amines is 1. The van der Waals surface area contributed by atoms with Crippen LogP contribution in [0.2, 0.25) is 5.02 Å². The third-order valence-electron chi connectivity index (χ3n) is 4.20. The molecule has 3 rings (SSSR count). The van der Waals surface area contributed by atoms with Gasteiger partial charge in [-0.15, -0.1) is 0 Å². The maximum atomic E-state index is 12.8. The Morgan fingerprint density at radius 2 is 2.13 bits per heavy atom. The first-order chi connectivity index (χ1) is 10.8. The van der Waals surface area contributed by atoms with E-state index in [1.54, 1.807) is 4.90 Å². The molecule has 1 N–H and O–H groups in total. The largest absolute Gasteiger partial charge is 0.349 e. The number of benzene rings is 1. The molecule has 1 aliphatic rings. The molecule has 124 valence electrons. The van der Waals surface area contributed by atoms with E-state index in [-0.39, 0.29) is 17.6 Å². The first-order valence-corrected chi connectivity index (χ1v) is 10.0. The highest BCUT2D eigenvalue weighted by molar-refractivity contribution is 7.90. The fourth-order valence-corrected chi connectivity index (χ4v) is 4.65. The van der Waals surface area contributed by atoms with Crippen molar-refractivity contribution in [2.45, 2.75) is 12.8 Å². The van der Waals surface area contributed by atoms with Gasteiger partial charge in [0.2, 0.25) is 0 Å². The van der Waals surface area contributed by atoms with Crippen LogP contribution in [0.5, 0.6) is 0 Å². The van der Waals surface area contributed by atoms with Gasteiger partial charge in [0.1, 0.15) is 15.5 Å². The van der Waals surface area contributed by atoms with Crippen molar-refractivity contribution < 1.29 is 13.2 Å². The number of carbonyl (C=O) groups excluding carboxylic acids is 1. The molecule has 1 atom stereocenters. The molecule has 1 fully saturated rings. The maximum absolute atomic E-state index is 12.8. The van der Waals surface area contributed by atoms with E-state index in [4.69, 9.17) is 11.6 Å². The Morgan fingerprint density at radius 3 is 2.83 bits per heavy atom. The van der Waals surface area contributed by atoms with Crippen molar-refractivity contribution in [2.75, 3.05) is 25.1 Å². The van der Waals surface area contributed by atoms with Gasteiger partial charge in [-0.1, -0.05) is 29.8 Å². The van der Waals surface area contributed by atoms with E-state index in [2.05, 4.69) is 4.98 Å². The summed E-state index contributed by atoms with van der Waals surface area (Å²) in [6.07, 6.45) is 2.88. The molecule has 1 saturated heterocycles. The van der Waals surface area contributed by atoms with Crippen LogP contribution in [-0.4, -0.2) is 49.3 Å². The molecule has 1 aromatic heterocycles. The van der Waals surface area contributed by atoms with E-state index < -0.39 is 9.84 Å². The van der Waals surface area contributed by atoms with Crippen LogP contribution in [0.15, 0.2) is 24.3 Å². The Morgan fingerprint density at radius 1 is 1.39 bits per heavy atom. The SMILES string of the molecule is CS(=O)(=O)C[C@H]1CCCN(C(=O)c2[nH]c3ccccc3c2Cl)C1. The standard InChI is InChI=1S/C16H19ClN2O3S/c1-23(21,22)10-11-5-4-8-19(9-11)16(20)15-14(17)12-6-2-3-7-13(12)18-15/h2-3,6-7,11,18H,4-5,8-10H2,1H3/t11-/m0/s1. The van der Waals surface area contributed by atoms with Crippen LogP contribution in [0.3, 0.4) is 0 Å². The number of amides is 1. The van der Waals surface area contributed by atoms with Gasteiger partial charge in [0.15, 0.2) is 0 Å². The van der Waals surface area contributed by atoms with Crippen LogP contribution in [0, 0.1) is 5.92 Å². The molecule has 2 heterocycles. The van der Waals surface area contributed by atoms with Gasteiger partial charge in [-0.05, 0) is 24.8 Å². The molecule has 0 radical (unpaired) electrons. The molecule has 1 aliphatic heterocycles. The normalized spacial score (nSPS) is 19.2. The average Bonchev–Trinajstić information content (AvgIpc) is 2.83. The van der Waals surface area contributed by atoms with Crippen LogP contribution in [-0.2, 0) is 9.84 Å². The number of likely N-dealkylation sites (tertiary alicyclic amines) is 1. The van der Waals surface area contributed by atoms with E-state index in [1.165, 1.54) is 6.26 Å². The van der Waals surface area contributed by atoms with Gasteiger partial charge in [-0.25, -0.2) is 8.42 Å². The number of hydrogen-bond acceptors (Lipinski definition) is 3. The van der Waals surface area contributed by atoms with Crippen LogP contribution >= 0.6 is 11.6 Å². The molecule has 1 aromatic carbocycles. The van der Waals surface area contributed by atoms with E-state index in [0.29, 0.717) is 23.8 Å². The molecule has 0 unspecified atom stereocenters. The lowest BCUT2D eigenvalue weighted by Crippen LogP contribution is -2.42. The van der Waals surface area contributed by atoms with Gasteiger partial charge >= 0.3 is 0 Å². The molecular formula is C16H19ClN2O3S. The second-order valence-electron chi connectivity index (χ2n) is 6.21. The second kappa shape index (κ2) is 6.17. The lowest BCUT2D eigenvalue weighted by molar-refractivity contribution is 0.0679. The Hall–Kier alpha value is -1.53. The van der Waals surface area contributed by atoms with Crippen LogP contribution in [0.1, 0.15) is 23.3 Å². The highest BCUT2D eigenvalue weighted by atomic mass is 35.5. The zero-order valence-electron chi connectivity index (χ0n) is 12.9. The number of para-hydroxylation sites is 1. The molecule has 2 aromatic rings. The highest BCUT2D eigenvalue weighted by Gasteiger charge is 2.28. The number of nitrogens with zero attached hydrogens (tertiary/aromatic N) is 1. The minimum Gasteiger partial charge on any atom is -0.349 e. The quantitative estimate of drug-likeness (QED) is 0.921. The minimum absolute atomic E-state index is 0.00847. The zero-order valence-corrected chi connectivity index (χ0v) is 14.5. The molecule has 1 amide bonds. The van der Waals surface area contributed by atoms with Gasteiger partial charge < -0.3 is 9.88 Å². The smallest absolute Gasteiger partial charge is 0.271 e. The number of H-pyrrole nitrogens is 1. The predicted octanol–water partition coefficient (Wildman–Crippen LogP) is 2.72. The summed E-state index contributed by atoms with van der Waals surface area (Å²) in [4.78, 5) is 17.5. The van der Waals surface area contributed by atoms with Crippen molar-refractivity contribution in [3.8, 4) is 0 Å². The minimum atomic E-state index is -3.04. The van der Waals surface area contributed by atoms with Gasteiger partial charge in [0.05, 0.1) is 10.8 Å². The summed E-state index contributed by atoms with van der Waals surface area (Å²) in [5.41, 5.74) is 1.21. The second-order valence-corrected chi connectivity index (χ2v) is 8.77. The fraction of sp³-hybridized carbons (Fsp3) is 0.438. The van der Waals surface area contributed by atoms with Crippen molar-refractivity contribution in [3.63, 3.8) is 0 Å². The van der Waals surface area contributed by atoms with Gasteiger partial charge in [-0.3, -0.25) is 4.79 Å². The van der Waals surface area contributed by atoms with Gasteiger partial charge in [0, 0.05) is 30.2 Å². The van der Waals surface area contributed by atoms with Crippen molar-refractivity contribution >= 4 is 38.2 Å². The number of nitrogens with one attached hydrogen (secondary N) is 1. The number of sulfone groups is 1. The van der Waals surface area contributed by atoms with Gasteiger partial charge in [-0.2, -0.15) is 0 Å². The molecule has 0 bridgehead atoms. The molecule has 23 heavy (non-hydrogen) atoms. The number of aromatic nitrogens is 1. The summed E-state index contributed by atoms with van der Waals surface area (Å²) in [6.45, 7) is 1.09. The number of carbonyl (C=O) groups is 1. The fourth-order valence-electron chi connectivity index (χ4n) is 3.23. The number of halogens is 1. The van der Waals surface area contributed by atoms with E-state index in [1.807, 2.05) is 24.3 Å². The first-order valence-electron chi connectivity index (χ1n) is 7.58. The van der Waals surface area contributed by atoms with E-state index >= 15 is 0 Å².